The van der Waals surface area contributed by atoms with Crippen molar-refractivity contribution >= 4 is 11.6 Å². The second kappa shape index (κ2) is 7.60. The fourth-order valence-electron chi connectivity index (χ4n) is 3.19. The number of alkyl halides is 1. The highest BCUT2D eigenvalue weighted by Crippen LogP contribution is 2.24. The van der Waals surface area contributed by atoms with Crippen LogP contribution in [0.5, 0.6) is 0 Å². The van der Waals surface area contributed by atoms with Crippen LogP contribution in [0.4, 0.5) is 0 Å². The summed E-state index contributed by atoms with van der Waals surface area (Å²) in [5.74, 6) is 0.753. The molecule has 2 nitrogen and oxygen atoms in total. The van der Waals surface area contributed by atoms with E-state index < -0.39 is 0 Å². The van der Waals surface area contributed by atoms with E-state index in [1.54, 1.807) is 0 Å². The molecular weight excluding hydrogens is 234 g/mol. The lowest BCUT2D eigenvalue weighted by atomic mass is 9.93. The molecule has 0 spiro atoms. The van der Waals surface area contributed by atoms with E-state index in [1.165, 1.54) is 51.4 Å². The summed E-state index contributed by atoms with van der Waals surface area (Å²) in [4.78, 5) is 2.60. The van der Waals surface area contributed by atoms with Gasteiger partial charge in [-0.25, -0.2) is 0 Å². The Morgan fingerprint density at radius 2 is 1.76 bits per heavy atom. The maximum Gasteiger partial charge on any atom is 0.0702 e. The summed E-state index contributed by atoms with van der Waals surface area (Å²) in [6, 6.07) is 0.771. The zero-order valence-corrected chi connectivity index (χ0v) is 11.6. The predicted molar refractivity (Wildman–Crippen MR) is 72.8 cm³/mol. The molecular formula is C14H26ClNO. The lowest BCUT2D eigenvalue weighted by Gasteiger charge is -2.37. The maximum absolute atomic E-state index is 5.95. The topological polar surface area (TPSA) is 12.5 Å². The molecule has 0 N–H and O–H groups in total. The van der Waals surface area contributed by atoms with Crippen LogP contribution in [0.3, 0.4) is 0 Å². The molecule has 1 heterocycles. The first-order valence-corrected chi connectivity index (χ1v) is 7.85. The fourth-order valence-corrected chi connectivity index (χ4v) is 3.41. The Balaban J connectivity index is 1.81. The van der Waals surface area contributed by atoms with Gasteiger partial charge in [-0.2, -0.15) is 0 Å². The lowest BCUT2D eigenvalue weighted by molar-refractivity contribution is -0.0156. The number of hydrogen-bond donors (Lipinski definition) is 0. The summed E-state index contributed by atoms with van der Waals surface area (Å²) in [6.07, 6.45) is 11.2. The van der Waals surface area contributed by atoms with Gasteiger partial charge in [-0.05, 0) is 32.1 Å². The second-order valence-corrected chi connectivity index (χ2v) is 5.84. The minimum absolute atomic E-state index is 0.467. The highest BCUT2D eigenvalue weighted by molar-refractivity contribution is 6.18. The number of halogens is 1. The molecule has 1 aliphatic carbocycles. The second-order valence-electron chi connectivity index (χ2n) is 5.46. The van der Waals surface area contributed by atoms with Gasteiger partial charge in [0.15, 0.2) is 0 Å². The van der Waals surface area contributed by atoms with Crippen LogP contribution in [-0.4, -0.2) is 42.6 Å². The average molecular weight is 260 g/mol. The maximum atomic E-state index is 5.95. The number of hydrogen-bond acceptors (Lipinski definition) is 2. The standard InChI is InChI=1S/C14H26ClNO/c15-9-10-16(13-6-2-1-3-7-13)12-14-8-4-5-11-17-14/h13-14H,1-12H2. The summed E-state index contributed by atoms with van der Waals surface area (Å²) in [6.45, 7) is 3.10. The molecule has 0 bridgehead atoms. The van der Waals surface area contributed by atoms with E-state index in [-0.39, 0.29) is 0 Å². The lowest BCUT2D eigenvalue weighted by Crippen LogP contribution is -2.44. The molecule has 0 aromatic rings. The zero-order valence-electron chi connectivity index (χ0n) is 10.9. The predicted octanol–water partition coefficient (Wildman–Crippen LogP) is 3.43. The molecule has 0 radical (unpaired) electrons. The van der Waals surface area contributed by atoms with Crippen LogP contribution in [0.1, 0.15) is 51.4 Å². The summed E-state index contributed by atoms with van der Waals surface area (Å²) < 4.78 is 5.86. The Bertz CT molecular complexity index is 200. The minimum atomic E-state index is 0.467. The van der Waals surface area contributed by atoms with Gasteiger partial charge in [0.05, 0.1) is 6.10 Å². The molecule has 100 valence electrons. The third-order valence-corrected chi connectivity index (χ3v) is 4.34. The molecule has 0 amide bonds. The summed E-state index contributed by atoms with van der Waals surface area (Å²) in [7, 11) is 0. The van der Waals surface area contributed by atoms with Crippen LogP contribution >= 0.6 is 11.6 Å². The fraction of sp³-hybridized carbons (Fsp3) is 1.00. The summed E-state index contributed by atoms with van der Waals surface area (Å²) >= 11 is 5.95. The van der Waals surface area contributed by atoms with Gasteiger partial charge in [0.1, 0.15) is 0 Å². The molecule has 2 rings (SSSR count). The smallest absolute Gasteiger partial charge is 0.0702 e. The molecule has 0 aromatic heterocycles. The van der Waals surface area contributed by atoms with Gasteiger partial charge in [0.25, 0.3) is 0 Å². The van der Waals surface area contributed by atoms with Gasteiger partial charge in [0, 0.05) is 31.6 Å². The summed E-state index contributed by atoms with van der Waals surface area (Å²) in [5, 5.41) is 0. The van der Waals surface area contributed by atoms with E-state index in [9.17, 15) is 0 Å². The molecule has 1 saturated heterocycles. The van der Waals surface area contributed by atoms with E-state index in [2.05, 4.69) is 4.90 Å². The molecule has 0 aromatic carbocycles. The first-order chi connectivity index (χ1) is 8.40. The van der Waals surface area contributed by atoms with Gasteiger partial charge in [-0.1, -0.05) is 19.3 Å². The molecule has 1 saturated carbocycles. The van der Waals surface area contributed by atoms with Crippen LogP contribution in [0.2, 0.25) is 0 Å². The first-order valence-electron chi connectivity index (χ1n) is 7.32. The van der Waals surface area contributed by atoms with Crippen molar-refractivity contribution in [1.29, 1.82) is 0 Å². The number of ether oxygens (including phenoxy) is 1. The number of nitrogens with zero attached hydrogens (tertiary/aromatic N) is 1. The Labute approximate surface area is 111 Å². The highest BCUT2D eigenvalue weighted by atomic mass is 35.5. The van der Waals surface area contributed by atoms with E-state index in [1.807, 2.05) is 0 Å². The van der Waals surface area contributed by atoms with Crippen molar-refractivity contribution < 1.29 is 4.74 Å². The van der Waals surface area contributed by atoms with Crippen LogP contribution in [0, 0.1) is 0 Å². The molecule has 2 aliphatic rings. The third-order valence-electron chi connectivity index (χ3n) is 4.17. The molecule has 1 aliphatic heterocycles. The van der Waals surface area contributed by atoms with Gasteiger partial charge >= 0.3 is 0 Å². The van der Waals surface area contributed by atoms with Gasteiger partial charge in [-0.15, -0.1) is 11.6 Å². The first kappa shape index (κ1) is 13.6. The SMILES string of the molecule is ClCCN(CC1CCCCO1)C1CCCCC1. The van der Waals surface area contributed by atoms with Crippen molar-refractivity contribution in [1.82, 2.24) is 4.90 Å². The average Bonchev–Trinajstić information content (AvgIpc) is 2.40. The largest absolute Gasteiger partial charge is 0.377 e. The molecule has 2 fully saturated rings. The molecule has 3 heteroatoms. The Hall–Kier alpha value is 0.210. The van der Waals surface area contributed by atoms with Crippen LogP contribution in [-0.2, 0) is 4.74 Å². The zero-order chi connectivity index (χ0) is 11.9. The van der Waals surface area contributed by atoms with E-state index in [4.69, 9.17) is 16.3 Å². The minimum Gasteiger partial charge on any atom is -0.377 e. The Morgan fingerprint density at radius 1 is 1.00 bits per heavy atom. The Kier molecular flexibility index (Phi) is 6.10. The van der Waals surface area contributed by atoms with E-state index >= 15 is 0 Å². The molecule has 1 unspecified atom stereocenters. The number of rotatable bonds is 5. The van der Waals surface area contributed by atoms with Gasteiger partial charge in [0.2, 0.25) is 0 Å². The monoisotopic (exact) mass is 259 g/mol. The van der Waals surface area contributed by atoms with Crippen LogP contribution in [0.15, 0.2) is 0 Å². The van der Waals surface area contributed by atoms with E-state index in [0.29, 0.717) is 6.10 Å². The normalized spacial score (nSPS) is 27.5. The van der Waals surface area contributed by atoms with Crippen LogP contribution < -0.4 is 0 Å². The molecule has 1 atom stereocenters. The van der Waals surface area contributed by atoms with Crippen molar-refractivity contribution in [2.45, 2.75) is 63.5 Å². The van der Waals surface area contributed by atoms with Crippen LogP contribution in [0.25, 0.3) is 0 Å². The van der Waals surface area contributed by atoms with Crippen molar-refractivity contribution in [2.24, 2.45) is 0 Å². The van der Waals surface area contributed by atoms with Crippen molar-refractivity contribution in [2.75, 3.05) is 25.6 Å². The highest BCUT2D eigenvalue weighted by Gasteiger charge is 2.24. The summed E-state index contributed by atoms with van der Waals surface area (Å²) in [5.41, 5.74) is 0. The molecule has 17 heavy (non-hydrogen) atoms. The van der Waals surface area contributed by atoms with E-state index in [0.717, 1.165) is 31.6 Å². The van der Waals surface area contributed by atoms with Crippen molar-refractivity contribution in [3.8, 4) is 0 Å². The van der Waals surface area contributed by atoms with Gasteiger partial charge in [-0.3, -0.25) is 4.90 Å². The third kappa shape index (κ3) is 4.42. The van der Waals surface area contributed by atoms with Crippen molar-refractivity contribution in [3.63, 3.8) is 0 Å². The van der Waals surface area contributed by atoms with Crippen molar-refractivity contribution in [3.05, 3.63) is 0 Å². The van der Waals surface area contributed by atoms with Gasteiger partial charge < -0.3 is 4.74 Å². The quantitative estimate of drug-likeness (QED) is 0.702. The Morgan fingerprint density at radius 3 is 2.41 bits per heavy atom.